The highest BCUT2D eigenvalue weighted by Crippen LogP contribution is 2.31. The molecule has 3 rings (SSSR count). The summed E-state index contributed by atoms with van der Waals surface area (Å²) in [4.78, 5) is 39.8. The van der Waals surface area contributed by atoms with Gasteiger partial charge in [-0.2, -0.15) is 0 Å². The molecular weight excluding hydrogens is 496 g/mol. The van der Waals surface area contributed by atoms with Gasteiger partial charge in [0.1, 0.15) is 5.75 Å². The largest absolute Gasteiger partial charge is 0.494 e. The zero-order valence-electron chi connectivity index (χ0n) is 22.8. The first-order chi connectivity index (χ1) is 18.7. The van der Waals surface area contributed by atoms with Gasteiger partial charge in [-0.05, 0) is 54.7 Å². The van der Waals surface area contributed by atoms with Crippen LogP contribution in [0.3, 0.4) is 0 Å². The van der Waals surface area contributed by atoms with E-state index in [9.17, 15) is 14.4 Å². The Balaban J connectivity index is 1.69. The van der Waals surface area contributed by atoms with Gasteiger partial charge in [0.15, 0.2) is 0 Å². The minimum atomic E-state index is -0.815. The molecule has 0 saturated carbocycles. The van der Waals surface area contributed by atoms with Crippen LogP contribution in [0.5, 0.6) is 5.75 Å². The Morgan fingerprint density at radius 1 is 1.08 bits per heavy atom. The number of nitrogens with zero attached hydrogens (tertiary/aromatic N) is 2. The number of rotatable bonds is 11. The standard InChI is InChI=1S/C30H36N4O5/c1-21(17-29(36)37)19-33-15-8-7-10-24(20-33)14-16-34(23(3)35)25-12-13-27(28(18-25)39-4)32-30(38)31-26-11-6-5-9-22(26)2/h5-13,15,18,20-21H,14,16-17,19H2,1-4H3,(H,36,37)(H2,31,32,38). The molecule has 1 unspecified atom stereocenters. The number of nitrogens with one attached hydrogen (secondary N) is 2. The number of carboxylic acids is 1. The number of carboxylic acid groups (broad SMARTS) is 1. The number of anilines is 3. The van der Waals surface area contributed by atoms with E-state index in [1.807, 2.05) is 73.6 Å². The lowest BCUT2D eigenvalue weighted by molar-refractivity contribution is -0.138. The summed E-state index contributed by atoms with van der Waals surface area (Å²) in [6.07, 6.45) is 10.4. The average molecular weight is 533 g/mol. The van der Waals surface area contributed by atoms with Gasteiger partial charge in [-0.15, -0.1) is 0 Å². The van der Waals surface area contributed by atoms with E-state index >= 15 is 0 Å². The number of aliphatic carboxylic acids is 1. The number of carbonyl (C=O) groups excluding carboxylic acids is 2. The summed E-state index contributed by atoms with van der Waals surface area (Å²) in [5.41, 5.74) is 3.78. The van der Waals surface area contributed by atoms with E-state index in [4.69, 9.17) is 9.84 Å². The average Bonchev–Trinajstić information content (AvgIpc) is 3.10. The number of para-hydroxylation sites is 1. The molecule has 3 amide bonds. The van der Waals surface area contributed by atoms with Crippen LogP contribution in [-0.2, 0) is 9.59 Å². The summed E-state index contributed by atoms with van der Waals surface area (Å²) in [7, 11) is 1.51. The van der Waals surface area contributed by atoms with Crippen LogP contribution in [0.15, 0.2) is 78.7 Å². The van der Waals surface area contributed by atoms with Crippen molar-refractivity contribution in [1.82, 2.24) is 4.90 Å². The van der Waals surface area contributed by atoms with E-state index in [0.29, 0.717) is 42.3 Å². The Hall–Kier alpha value is -4.53. The fraction of sp³-hybridized carbons (Fsp3) is 0.300. The molecule has 3 N–H and O–H groups in total. The van der Waals surface area contributed by atoms with Crippen LogP contribution in [0, 0.1) is 12.8 Å². The maximum atomic E-state index is 12.6. The van der Waals surface area contributed by atoms with E-state index in [-0.39, 0.29) is 18.2 Å². The van der Waals surface area contributed by atoms with Crippen molar-refractivity contribution in [1.29, 1.82) is 0 Å². The number of aryl methyl sites for hydroxylation is 1. The molecule has 1 aliphatic rings. The predicted octanol–water partition coefficient (Wildman–Crippen LogP) is 5.77. The second kappa shape index (κ2) is 13.9. The Morgan fingerprint density at radius 3 is 2.51 bits per heavy atom. The zero-order chi connectivity index (χ0) is 28.4. The van der Waals surface area contributed by atoms with Crippen LogP contribution < -0.4 is 20.3 Å². The maximum Gasteiger partial charge on any atom is 0.323 e. The van der Waals surface area contributed by atoms with Crippen molar-refractivity contribution >= 4 is 35.0 Å². The molecule has 9 heteroatoms. The molecule has 206 valence electrons. The van der Waals surface area contributed by atoms with Gasteiger partial charge in [-0.3, -0.25) is 9.59 Å². The molecule has 1 aliphatic heterocycles. The number of methoxy groups -OCH3 is 1. The van der Waals surface area contributed by atoms with Gasteiger partial charge in [0, 0.05) is 56.3 Å². The van der Waals surface area contributed by atoms with E-state index in [2.05, 4.69) is 10.6 Å². The fourth-order valence-electron chi connectivity index (χ4n) is 4.27. The number of carbonyl (C=O) groups is 3. The number of benzene rings is 2. The van der Waals surface area contributed by atoms with Crippen molar-refractivity contribution in [3.8, 4) is 5.75 Å². The van der Waals surface area contributed by atoms with Crippen LogP contribution in [-0.4, -0.2) is 48.1 Å². The van der Waals surface area contributed by atoms with Gasteiger partial charge in [-0.1, -0.05) is 37.3 Å². The topological polar surface area (TPSA) is 111 Å². The van der Waals surface area contributed by atoms with Crippen LogP contribution in [0.2, 0.25) is 0 Å². The molecule has 0 spiro atoms. The SMILES string of the molecule is COc1cc(N(CCC2=CN(CC(C)CC(=O)O)C=CC=C2)C(C)=O)ccc1NC(=O)Nc1ccccc1C. The van der Waals surface area contributed by atoms with Crippen molar-refractivity contribution < 1.29 is 24.2 Å². The van der Waals surface area contributed by atoms with Gasteiger partial charge in [-0.25, -0.2) is 4.79 Å². The summed E-state index contributed by atoms with van der Waals surface area (Å²) in [5, 5.41) is 14.7. The van der Waals surface area contributed by atoms with Crippen molar-refractivity contribution in [2.24, 2.45) is 5.92 Å². The first-order valence-electron chi connectivity index (χ1n) is 12.8. The maximum absolute atomic E-state index is 12.6. The Bertz CT molecular complexity index is 1280. The van der Waals surface area contributed by atoms with Crippen LogP contribution in [0.4, 0.5) is 21.9 Å². The molecule has 1 heterocycles. The quantitative estimate of drug-likeness (QED) is 0.339. The number of hydrogen-bond acceptors (Lipinski definition) is 5. The molecule has 9 nitrogen and oxygen atoms in total. The molecule has 0 aromatic heterocycles. The molecule has 0 aliphatic carbocycles. The zero-order valence-corrected chi connectivity index (χ0v) is 22.8. The van der Waals surface area contributed by atoms with Crippen LogP contribution >= 0.6 is 0 Å². The number of urea groups is 1. The third kappa shape index (κ3) is 8.77. The molecule has 0 radical (unpaired) electrons. The Labute approximate surface area is 229 Å². The lowest BCUT2D eigenvalue weighted by atomic mass is 10.1. The highest BCUT2D eigenvalue weighted by Gasteiger charge is 2.17. The number of allylic oxidation sites excluding steroid dienone is 3. The van der Waals surface area contributed by atoms with Gasteiger partial charge in [0.2, 0.25) is 5.91 Å². The summed E-state index contributed by atoms with van der Waals surface area (Å²) in [5.74, 6) is -0.535. The van der Waals surface area contributed by atoms with Gasteiger partial charge >= 0.3 is 12.0 Å². The fourth-order valence-corrected chi connectivity index (χ4v) is 4.27. The number of hydrogen-bond donors (Lipinski definition) is 3. The summed E-state index contributed by atoms with van der Waals surface area (Å²) in [6, 6.07) is 12.3. The number of ether oxygens (including phenoxy) is 1. The second-order valence-corrected chi connectivity index (χ2v) is 9.50. The van der Waals surface area contributed by atoms with Gasteiger partial charge in [0.25, 0.3) is 0 Å². The minimum Gasteiger partial charge on any atom is -0.494 e. The molecule has 0 saturated heterocycles. The third-order valence-corrected chi connectivity index (χ3v) is 6.22. The lowest BCUT2D eigenvalue weighted by Gasteiger charge is -2.24. The summed E-state index contributed by atoms with van der Waals surface area (Å²) < 4.78 is 5.52. The van der Waals surface area contributed by atoms with E-state index < -0.39 is 12.0 Å². The van der Waals surface area contributed by atoms with Gasteiger partial charge < -0.3 is 30.3 Å². The van der Waals surface area contributed by atoms with Gasteiger partial charge in [0.05, 0.1) is 12.8 Å². The molecule has 0 fully saturated rings. The molecular formula is C30H36N4O5. The Kier molecular flexibility index (Phi) is 10.3. The predicted molar refractivity (Wildman–Crippen MR) is 154 cm³/mol. The summed E-state index contributed by atoms with van der Waals surface area (Å²) >= 11 is 0. The first kappa shape index (κ1) is 29.0. The van der Waals surface area contributed by atoms with Crippen molar-refractivity contribution in [2.45, 2.75) is 33.6 Å². The summed E-state index contributed by atoms with van der Waals surface area (Å²) in [6.45, 7) is 6.33. The second-order valence-electron chi connectivity index (χ2n) is 9.50. The molecule has 0 bridgehead atoms. The van der Waals surface area contributed by atoms with Crippen molar-refractivity contribution in [3.05, 3.63) is 84.2 Å². The van der Waals surface area contributed by atoms with E-state index in [1.165, 1.54) is 14.0 Å². The Morgan fingerprint density at radius 2 is 1.82 bits per heavy atom. The van der Waals surface area contributed by atoms with Crippen molar-refractivity contribution in [2.75, 3.05) is 35.7 Å². The van der Waals surface area contributed by atoms with Crippen LogP contribution in [0.25, 0.3) is 0 Å². The first-order valence-corrected chi connectivity index (χ1v) is 12.8. The van der Waals surface area contributed by atoms with E-state index in [0.717, 1.165) is 11.1 Å². The monoisotopic (exact) mass is 532 g/mol. The van der Waals surface area contributed by atoms with Crippen molar-refractivity contribution in [3.63, 3.8) is 0 Å². The smallest absolute Gasteiger partial charge is 0.323 e. The molecule has 39 heavy (non-hydrogen) atoms. The highest BCUT2D eigenvalue weighted by atomic mass is 16.5. The highest BCUT2D eigenvalue weighted by molar-refractivity contribution is 6.01. The number of amides is 3. The molecule has 1 atom stereocenters. The third-order valence-electron chi connectivity index (χ3n) is 6.22. The normalized spacial score (nSPS) is 13.2. The lowest BCUT2D eigenvalue weighted by Crippen LogP contribution is -2.30. The minimum absolute atomic E-state index is 0.0187. The molecule has 2 aromatic carbocycles. The van der Waals surface area contributed by atoms with Crippen LogP contribution in [0.1, 0.15) is 32.3 Å². The van der Waals surface area contributed by atoms with E-state index in [1.54, 1.807) is 23.1 Å². The molecule has 2 aromatic rings.